The molecule has 0 spiro atoms. The summed E-state index contributed by atoms with van der Waals surface area (Å²) in [6, 6.07) is 5.50. The highest BCUT2D eigenvalue weighted by Crippen LogP contribution is 2.14. The molecule has 0 saturated carbocycles. The van der Waals surface area contributed by atoms with Gasteiger partial charge in [-0.05, 0) is 24.1 Å². The van der Waals surface area contributed by atoms with Crippen LogP contribution in [0.15, 0.2) is 31.4 Å². The van der Waals surface area contributed by atoms with Crippen molar-refractivity contribution in [2.45, 2.75) is 6.92 Å². The molecule has 0 unspecified atom stereocenters. The second-order valence-electron chi connectivity index (χ2n) is 2.81. The van der Waals surface area contributed by atoms with Gasteiger partial charge in [0.15, 0.2) is 5.78 Å². The van der Waals surface area contributed by atoms with Gasteiger partial charge in [0.05, 0.1) is 0 Å². The summed E-state index contributed by atoms with van der Waals surface area (Å²) in [5.41, 5.74) is 2.66. The van der Waals surface area contributed by atoms with Crippen molar-refractivity contribution >= 4 is 17.9 Å². The molecule has 13 heavy (non-hydrogen) atoms. The average molecular weight is 172 g/mol. The van der Waals surface area contributed by atoms with Crippen molar-refractivity contribution in [2.75, 3.05) is 0 Å². The zero-order valence-electron chi connectivity index (χ0n) is 7.71. The third kappa shape index (κ3) is 1.94. The molecule has 1 nitrogen and oxygen atoms in total. The van der Waals surface area contributed by atoms with Gasteiger partial charge in [-0.25, -0.2) is 0 Å². The van der Waals surface area contributed by atoms with E-state index < -0.39 is 0 Å². The molecule has 1 aromatic carbocycles. The molecule has 0 radical (unpaired) electrons. The van der Waals surface area contributed by atoms with E-state index in [1.165, 1.54) is 0 Å². The number of hydrogen-bond donors (Lipinski definition) is 0. The van der Waals surface area contributed by atoms with Crippen LogP contribution in [0.4, 0.5) is 0 Å². The Morgan fingerprint density at radius 2 is 1.85 bits per heavy atom. The van der Waals surface area contributed by atoms with Gasteiger partial charge in [-0.15, -0.1) is 0 Å². The maximum absolute atomic E-state index is 11.1. The zero-order valence-corrected chi connectivity index (χ0v) is 7.71. The summed E-state index contributed by atoms with van der Waals surface area (Å²) in [7, 11) is 0. The van der Waals surface area contributed by atoms with Crippen molar-refractivity contribution < 1.29 is 4.79 Å². The highest BCUT2D eigenvalue weighted by atomic mass is 16.1. The Labute approximate surface area is 78.4 Å². The minimum Gasteiger partial charge on any atom is -0.295 e. The topological polar surface area (TPSA) is 17.1 Å². The van der Waals surface area contributed by atoms with Gasteiger partial charge in [0.2, 0.25) is 0 Å². The predicted molar refractivity (Wildman–Crippen MR) is 56.6 cm³/mol. The Hall–Kier alpha value is -1.63. The molecule has 66 valence electrons. The first-order chi connectivity index (χ1) is 6.19. The van der Waals surface area contributed by atoms with Gasteiger partial charge in [0.1, 0.15) is 0 Å². The summed E-state index contributed by atoms with van der Waals surface area (Å²) in [5.74, 6) is 0.0683. The van der Waals surface area contributed by atoms with Crippen LogP contribution in [-0.2, 0) is 0 Å². The molecular weight excluding hydrogens is 160 g/mol. The van der Waals surface area contributed by atoms with Crippen LogP contribution in [0, 0.1) is 0 Å². The van der Waals surface area contributed by atoms with Gasteiger partial charge in [-0.3, -0.25) is 4.79 Å². The lowest BCUT2D eigenvalue weighted by atomic mass is 10.0. The Morgan fingerprint density at radius 3 is 2.31 bits per heavy atom. The first kappa shape index (κ1) is 9.46. The normalized spacial score (nSPS) is 9.31. The molecule has 0 aliphatic heterocycles. The summed E-state index contributed by atoms with van der Waals surface area (Å²) in [4.78, 5) is 11.1. The van der Waals surface area contributed by atoms with Crippen molar-refractivity contribution in [3.05, 3.63) is 48.0 Å². The maximum atomic E-state index is 11.1. The molecule has 0 aromatic heterocycles. The highest BCUT2D eigenvalue weighted by Gasteiger charge is 2.01. The van der Waals surface area contributed by atoms with Gasteiger partial charge >= 0.3 is 0 Å². The summed E-state index contributed by atoms with van der Waals surface area (Å²) in [6.45, 7) is 8.91. The number of rotatable bonds is 3. The van der Waals surface area contributed by atoms with Gasteiger partial charge in [-0.1, -0.05) is 37.4 Å². The van der Waals surface area contributed by atoms with Crippen molar-refractivity contribution in [3.63, 3.8) is 0 Å². The number of carbonyl (C=O) groups excluding carboxylic acids is 1. The first-order valence-electron chi connectivity index (χ1n) is 4.09. The molecule has 0 heterocycles. The maximum Gasteiger partial charge on any atom is 0.159 e. The number of hydrogen-bond acceptors (Lipinski definition) is 1. The van der Waals surface area contributed by atoms with Gasteiger partial charge in [0.25, 0.3) is 0 Å². The van der Waals surface area contributed by atoms with E-state index in [1.807, 2.05) is 12.1 Å². The quantitative estimate of drug-likeness (QED) is 0.640. The van der Waals surface area contributed by atoms with Gasteiger partial charge in [0, 0.05) is 5.56 Å². The summed E-state index contributed by atoms with van der Waals surface area (Å²) < 4.78 is 0. The molecule has 1 rings (SSSR count). The summed E-state index contributed by atoms with van der Waals surface area (Å²) in [5, 5.41) is 0. The lowest BCUT2D eigenvalue weighted by Gasteiger charge is -2.02. The van der Waals surface area contributed by atoms with Crippen LogP contribution in [-0.4, -0.2) is 5.78 Å². The van der Waals surface area contributed by atoms with E-state index in [2.05, 4.69) is 13.2 Å². The Kier molecular flexibility index (Phi) is 2.80. The number of carbonyl (C=O) groups is 1. The van der Waals surface area contributed by atoms with Crippen LogP contribution in [0.3, 0.4) is 0 Å². The fraction of sp³-hybridized carbons (Fsp3) is 0.0833. The largest absolute Gasteiger partial charge is 0.295 e. The van der Waals surface area contributed by atoms with Crippen molar-refractivity contribution in [1.29, 1.82) is 0 Å². The molecule has 0 atom stereocenters. The SMILES string of the molecule is C=Cc1ccc(C(C)=O)cc1C=C. The van der Waals surface area contributed by atoms with Crippen molar-refractivity contribution in [2.24, 2.45) is 0 Å². The highest BCUT2D eigenvalue weighted by molar-refractivity contribution is 5.95. The fourth-order valence-corrected chi connectivity index (χ4v) is 1.16. The minimum absolute atomic E-state index is 0.0683. The van der Waals surface area contributed by atoms with Crippen LogP contribution in [0.25, 0.3) is 12.2 Å². The fourth-order valence-electron chi connectivity index (χ4n) is 1.16. The van der Waals surface area contributed by atoms with Crippen molar-refractivity contribution in [1.82, 2.24) is 0 Å². The zero-order chi connectivity index (χ0) is 9.84. The predicted octanol–water partition coefficient (Wildman–Crippen LogP) is 3.18. The number of benzene rings is 1. The minimum atomic E-state index is 0.0683. The molecule has 0 amide bonds. The molecular formula is C12H12O. The molecule has 1 heteroatoms. The molecule has 0 bridgehead atoms. The van der Waals surface area contributed by atoms with Crippen LogP contribution >= 0.6 is 0 Å². The van der Waals surface area contributed by atoms with E-state index in [1.54, 1.807) is 25.1 Å². The Balaban J connectivity index is 3.28. The van der Waals surface area contributed by atoms with E-state index in [0.717, 1.165) is 11.1 Å². The Bertz CT molecular complexity index is 361. The van der Waals surface area contributed by atoms with Gasteiger partial charge in [-0.2, -0.15) is 0 Å². The number of ketones is 1. The van der Waals surface area contributed by atoms with E-state index in [0.29, 0.717) is 5.56 Å². The summed E-state index contributed by atoms with van der Waals surface area (Å²) >= 11 is 0. The average Bonchev–Trinajstić information content (AvgIpc) is 2.16. The Morgan fingerprint density at radius 1 is 1.23 bits per heavy atom. The van der Waals surface area contributed by atoms with Crippen LogP contribution in [0.5, 0.6) is 0 Å². The van der Waals surface area contributed by atoms with E-state index in [4.69, 9.17) is 0 Å². The second-order valence-corrected chi connectivity index (χ2v) is 2.81. The molecule has 0 N–H and O–H groups in total. The third-order valence-corrected chi connectivity index (χ3v) is 1.93. The van der Waals surface area contributed by atoms with Crippen molar-refractivity contribution in [3.8, 4) is 0 Å². The molecule has 0 aliphatic rings. The monoisotopic (exact) mass is 172 g/mol. The smallest absolute Gasteiger partial charge is 0.159 e. The standard InChI is InChI=1S/C12H12O/c1-4-10-6-7-12(9(3)13)8-11(10)5-2/h4-8H,1-2H2,3H3. The first-order valence-corrected chi connectivity index (χ1v) is 4.09. The molecule has 0 aliphatic carbocycles. The third-order valence-electron chi connectivity index (χ3n) is 1.93. The van der Waals surface area contributed by atoms with Crippen LogP contribution in [0.1, 0.15) is 28.4 Å². The molecule has 0 fully saturated rings. The number of Topliss-reactive ketones (excluding diaryl/α,β-unsaturated/α-hetero) is 1. The second kappa shape index (κ2) is 3.85. The van der Waals surface area contributed by atoms with Crippen LogP contribution in [0.2, 0.25) is 0 Å². The summed E-state index contributed by atoms with van der Waals surface area (Å²) in [6.07, 6.45) is 3.48. The molecule has 1 aromatic rings. The molecule has 0 saturated heterocycles. The van der Waals surface area contributed by atoms with E-state index >= 15 is 0 Å². The van der Waals surface area contributed by atoms with E-state index in [-0.39, 0.29) is 5.78 Å². The lowest BCUT2D eigenvalue weighted by Crippen LogP contribution is -1.93. The van der Waals surface area contributed by atoms with Crippen LogP contribution < -0.4 is 0 Å². The lowest BCUT2D eigenvalue weighted by molar-refractivity contribution is 0.101. The van der Waals surface area contributed by atoms with Gasteiger partial charge < -0.3 is 0 Å². The van der Waals surface area contributed by atoms with E-state index in [9.17, 15) is 4.79 Å².